The third-order valence-corrected chi connectivity index (χ3v) is 6.37. The summed E-state index contributed by atoms with van der Waals surface area (Å²) in [6.07, 6.45) is 1.24. The van der Waals surface area contributed by atoms with Crippen molar-refractivity contribution in [1.82, 2.24) is 20.4 Å². The van der Waals surface area contributed by atoms with Crippen LogP contribution < -0.4 is 5.32 Å². The van der Waals surface area contributed by atoms with E-state index in [1.165, 1.54) is 4.88 Å². The average molecular weight is 375 g/mol. The molecule has 2 aromatic rings. The fraction of sp³-hybridized carbons (Fsp3) is 0.579. The zero-order valence-electron chi connectivity index (χ0n) is 15.5. The summed E-state index contributed by atoms with van der Waals surface area (Å²) in [6, 6.07) is 6.53. The molecule has 2 fully saturated rings. The van der Waals surface area contributed by atoms with E-state index < -0.39 is 0 Å². The number of thiophene rings is 1. The number of rotatable bonds is 4. The highest BCUT2D eigenvalue weighted by Crippen LogP contribution is 2.27. The van der Waals surface area contributed by atoms with Crippen molar-refractivity contribution < 1.29 is 9.53 Å². The number of H-pyrrole nitrogens is 1. The molecule has 6 nitrogen and oxygen atoms in total. The van der Waals surface area contributed by atoms with Gasteiger partial charge in [0.1, 0.15) is 0 Å². The van der Waals surface area contributed by atoms with Gasteiger partial charge in [0, 0.05) is 30.1 Å². The summed E-state index contributed by atoms with van der Waals surface area (Å²) in [6.45, 7) is 9.08. The van der Waals surface area contributed by atoms with Crippen molar-refractivity contribution in [1.29, 1.82) is 0 Å². The number of aromatic nitrogens is 2. The van der Waals surface area contributed by atoms with Crippen LogP contribution in [0.15, 0.2) is 18.2 Å². The Morgan fingerprint density at radius 3 is 3.00 bits per heavy atom. The first kappa shape index (κ1) is 17.7. The van der Waals surface area contributed by atoms with Gasteiger partial charge in [0.05, 0.1) is 23.3 Å². The van der Waals surface area contributed by atoms with Crippen LogP contribution in [0.5, 0.6) is 0 Å². The van der Waals surface area contributed by atoms with Gasteiger partial charge in [0.2, 0.25) is 0 Å². The van der Waals surface area contributed by atoms with Gasteiger partial charge >= 0.3 is 0 Å². The van der Waals surface area contributed by atoms with Crippen LogP contribution in [-0.4, -0.2) is 58.9 Å². The number of amides is 1. The van der Waals surface area contributed by atoms with Crippen molar-refractivity contribution in [3.8, 4) is 10.6 Å². The number of morpholine rings is 1. The van der Waals surface area contributed by atoms with Crippen LogP contribution in [0, 0.1) is 12.8 Å². The van der Waals surface area contributed by atoms with E-state index in [1.54, 1.807) is 11.3 Å². The minimum atomic E-state index is -0.105. The Morgan fingerprint density at radius 1 is 1.42 bits per heavy atom. The zero-order chi connectivity index (χ0) is 18.3. The summed E-state index contributed by atoms with van der Waals surface area (Å²) in [4.78, 5) is 17.4. The maximum Gasteiger partial charge on any atom is 0.272 e. The largest absolute Gasteiger partial charge is 0.375 e. The molecule has 0 bridgehead atoms. The van der Waals surface area contributed by atoms with Crippen LogP contribution in [0.25, 0.3) is 10.6 Å². The van der Waals surface area contributed by atoms with Crippen LogP contribution in [-0.2, 0) is 4.74 Å². The van der Waals surface area contributed by atoms with Crippen LogP contribution in [0.3, 0.4) is 0 Å². The molecule has 4 heterocycles. The van der Waals surface area contributed by atoms with E-state index in [9.17, 15) is 4.79 Å². The number of aromatic amines is 1. The van der Waals surface area contributed by atoms with E-state index in [1.807, 2.05) is 6.07 Å². The number of hydrogen-bond donors (Lipinski definition) is 2. The number of nitrogens with one attached hydrogen (secondary N) is 2. The summed E-state index contributed by atoms with van der Waals surface area (Å²) in [5, 5.41) is 10.3. The number of carbonyl (C=O) groups excluding carboxylic acids is 1. The highest BCUT2D eigenvalue weighted by Gasteiger charge is 2.38. The highest BCUT2D eigenvalue weighted by atomic mass is 32.1. The van der Waals surface area contributed by atoms with Crippen LogP contribution in [0.4, 0.5) is 0 Å². The molecule has 0 spiro atoms. The monoisotopic (exact) mass is 374 g/mol. The smallest absolute Gasteiger partial charge is 0.272 e. The fourth-order valence-corrected chi connectivity index (χ4v) is 4.64. The lowest BCUT2D eigenvalue weighted by Crippen LogP contribution is -2.48. The Kier molecular flexibility index (Phi) is 4.86. The van der Waals surface area contributed by atoms with Gasteiger partial charge in [-0.2, -0.15) is 5.10 Å². The Morgan fingerprint density at radius 2 is 2.27 bits per heavy atom. The minimum absolute atomic E-state index is 0.105. The van der Waals surface area contributed by atoms with Crippen molar-refractivity contribution in [2.24, 2.45) is 5.92 Å². The van der Waals surface area contributed by atoms with Crippen molar-refractivity contribution >= 4 is 17.2 Å². The minimum Gasteiger partial charge on any atom is -0.375 e. The van der Waals surface area contributed by atoms with Crippen LogP contribution in [0.1, 0.15) is 35.6 Å². The molecular formula is C19H26N4O2S. The van der Waals surface area contributed by atoms with Crippen molar-refractivity contribution in [3.63, 3.8) is 0 Å². The van der Waals surface area contributed by atoms with Gasteiger partial charge in [-0.3, -0.25) is 14.8 Å². The standard InChI is InChI=1S/C19H26N4O2S/c1-11(2)17-9-23-8-13(6-14(23)10-25-17)20-19(24)16-7-15(21-22-16)18-5-4-12(3)26-18/h4-5,7,11,13-14,17H,6,8-10H2,1-3H3,(H,20,24)(H,21,22)/t13-,14+,17+/m1/s1. The molecule has 2 N–H and O–H groups in total. The van der Waals surface area contributed by atoms with E-state index in [-0.39, 0.29) is 11.9 Å². The van der Waals surface area contributed by atoms with E-state index >= 15 is 0 Å². The molecule has 1 amide bonds. The lowest BCUT2D eigenvalue weighted by atomic mass is 10.0. The molecule has 7 heteroatoms. The molecule has 0 aromatic carbocycles. The zero-order valence-corrected chi connectivity index (χ0v) is 16.3. The maximum absolute atomic E-state index is 12.6. The molecule has 2 aromatic heterocycles. The molecule has 140 valence electrons. The topological polar surface area (TPSA) is 70.2 Å². The number of ether oxygens (including phenoxy) is 1. The van der Waals surface area contributed by atoms with Crippen LogP contribution >= 0.6 is 11.3 Å². The first-order chi connectivity index (χ1) is 12.5. The molecule has 2 aliphatic rings. The molecule has 0 aliphatic carbocycles. The summed E-state index contributed by atoms with van der Waals surface area (Å²) >= 11 is 1.69. The second-order valence-corrected chi connectivity index (χ2v) is 8.99. The fourth-order valence-electron chi connectivity index (χ4n) is 3.81. The molecule has 2 aliphatic heterocycles. The summed E-state index contributed by atoms with van der Waals surface area (Å²) in [7, 11) is 0. The van der Waals surface area contributed by atoms with Gasteiger partial charge in [-0.05, 0) is 37.5 Å². The quantitative estimate of drug-likeness (QED) is 0.863. The number of hydrogen-bond acceptors (Lipinski definition) is 5. The van der Waals surface area contributed by atoms with Gasteiger partial charge < -0.3 is 10.1 Å². The molecule has 2 saturated heterocycles. The number of carbonyl (C=O) groups is 1. The predicted octanol–water partition coefficient (Wildman–Crippen LogP) is 2.67. The van der Waals surface area contributed by atoms with Gasteiger partial charge in [-0.1, -0.05) is 13.8 Å². The Hall–Kier alpha value is -1.70. The molecular weight excluding hydrogens is 348 g/mol. The normalized spacial score (nSPS) is 26.2. The molecule has 0 unspecified atom stereocenters. The average Bonchev–Trinajstić information content (AvgIpc) is 3.31. The van der Waals surface area contributed by atoms with Crippen molar-refractivity contribution in [2.75, 3.05) is 19.7 Å². The van der Waals surface area contributed by atoms with E-state index in [0.29, 0.717) is 23.8 Å². The molecule has 0 radical (unpaired) electrons. The highest BCUT2D eigenvalue weighted by molar-refractivity contribution is 7.15. The number of aryl methyl sites for hydroxylation is 1. The van der Waals surface area contributed by atoms with Crippen molar-refractivity contribution in [2.45, 2.75) is 45.4 Å². The maximum atomic E-state index is 12.6. The summed E-state index contributed by atoms with van der Waals surface area (Å²) < 4.78 is 5.97. The molecule has 3 atom stereocenters. The number of nitrogens with zero attached hydrogens (tertiary/aromatic N) is 2. The molecule has 4 rings (SSSR count). The lowest BCUT2D eigenvalue weighted by molar-refractivity contribution is -0.0683. The first-order valence-electron chi connectivity index (χ1n) is 9.28. The van der Waals surface area contributed by atoms with Gasteiger partial charge in [0.25, 0.3) is 5.91 Å². The van der Waals surface area contributed by atoms with Gasteiger partial charge in [-0.15, -0.1) is 11.3 Å². The number of fused-ring (bicyclic) bond motifs is 1. The Bertz CT molecular complexity index is 784. The first-order valence-corrected chi connectivity index (χ1v) is 10.1. The van der Waals surface area contributed by atoms with Gasteiger partial charge in [-0.25, -0.2) is 0 Å². The van der Waals surface area contributed by atoms with E-state index in [0.717, 1.165) is 36.7 Å². The third kappa shape index (κ3) is 3.56. The Balaban J connectivity index is 1.36. The lowest BCUT2D eigenvalue weighted by Gasteiger charge is -2.36. The molecule has 26 heavy (non-hydrogen) atoms. The summed E-state index contributed by atoms with van der Waals surface area (Å²) in [5.41, 5.74) is 1.34. The van der Waals surface area contributed by atoms with E-state index in [2.05, 4.69) is 53.3 Å². The third-order valence-electron chi connectivity index (χ3n) is 5.34. The molecule has 0 saturated carbocycles. The second-order valence-electron chi connectivity index (χ2n) is 7.71. The second kappa shape index (κ2) is 7.13. The Labute approximate surface area is 157 Å². The van der Waals surface area contributed by atoms with E-state index in [4.69, 9.17) is 4.74 Å². The SMILES string of the molecule is Cc1ccc(-c2cc(C(=O)N[C@@H]3C[C@H]4CO[C@H](C(C)C)CN4C3)n[nH]2)s1. The predicted molar refractivity (Wildman–Crippen MR) is 102 cm³/mol. The summed E-state index contributed by atoms with van der Waals surface area (Å²) in [5.74, 6) is 0.417. The van der Waals surface area contributed by atoms with Gasteiger partial charge in [0.15, 0.2) is 5.69 Å². The van der Waals surface area contributed by atoms with Crippen LogP contribution in [0.2, 0.25) is 0 Å². The van der Waals surface area contributed by atoms with Crippen molar-refractivity contribution in [3.05, 3.63) is 28.8 Å².